The zero-order valence-electron chi connectivity index (χ0n) is 16.5. The molecular weight excluding hydrogens is 446 g/mol. The Bertz CT molecular complexity index is 1090. The van der Waals surface area contributed by atoms with E-state index in [1.54, 1.807) is 0 Å². The molecule has 1 aliphatic heterocycles. The molecule has 30 heavy (non-hydrogen) atoms. The van der Waals surface area contributed by atoms with Crippen LogP contribution < -0.4 is 10.6 Å². The maximum Gasteiger partial charge on any atom is 0.226 e. The van der Waals surface area contributed by atoms with Crippen LogP contribution in [0, 0.1) is 0 Å². The third kappa shape index (κ3) is 4.44. The van der Waals surface area contributed by atoms with Gasteiger partial charge in [-0.3, -0.25) is 4.79 Å². The van der Waals surface area contributed by atoms with Gasteiger partial charge in [0.05, 0.1) is 0 Å². The molecule has 2 aromatic carbocycles. The van der Waals surface area contributed by atoms with Crippen LogP contribution >= 0.6 is 15.9 Å². The third-order valence-corrected chi connectivity index (χ3v) is 5.27. The van der Waals surface area contributed by atoms with Crippen molar-refractivity contribution in [3.05, 3.63) is 76.0 Å². The van der Waals surface area contributed by atoms with Crippen molar-refractivity contribution in [2.75, 3.05) is 17.2 Å². The molecule has 0 unspecified atom stereocenters. The normalized spacial score (nSPS) is 15.2. The molecule has 1 amide bonds. The van der Waals surface area contributed by atoms with Gasteiger partial charge < -0.3 is 15.7 Å². The van der Waals surface area contributed by atoms with Crippen molar-refractivity contribution >= 4 is 39.2 Å². The van der Waals surface area contributed by atoms with E-state index in [4.69, 9.17) is 5.11 Å². The second kappa shape index (κ2) is 8.81. The van der Waals surface area contributed by atoms with Crippen LogP contribution in [0.5, 0.6) is 0 Å². The molecule has 154 valence electrons. The number of fused-ring (bicyclic) bond motifs is 1. The van der Waals surface area contributed by atoms with Crippen LogP contribution in [0.3, 0.4) is 0 Å². The number of rotatable bonds is 6. The molecule has 7 nitrogen and oxygen atoms in total. The number of nitrogens with zero attached hydrogens (tertiary/aromatic N) is 3. The highest BCUT2D eigenvalue weighted by Crippen LogP contribution is 2.33. The minimum atomic E-state index is -0.126. The van der Waals surface area contributed by atoms with Crippen LogP contribution in [-0.4, -0.2) is 32.4 Å². The number of nitrogens with one attached hydrogen (secondary N) is 2. The lowest BCUT2D eigenvalue weighted by Gasteiger charge is -2.24. The number of halogens is 1. The number of carbonyl (C=O) groups excluding carboxylic acids is 1. The Balaban J connectivity index is 1.71. The van der Waals surface area contributed by atoms with Crippen molar-refractivity contribution in [2.24, 2.45) is 0 Å². The summed E-state index contributed by atoms with van der Waals surface area (Å²) in [7, 11) is 0. The lowest BCUT2D eigenvalue weighted by atomic mass is 10.0. The fourth-order valence-electron chi connectivity index (χ4n) is 3.41. The first kappa shape index (κ1) is 20.3. The molecule has 4 rings (SSSR count). The Morgan fingerprint density at radius 1 is 1.27 bits per heavy atom. The van der Waals surface area contributed by atoms with Gasteiger partial charge in [-0.25, -0.2) is 4.68 Å². The monoisotopic (exact) mass is 467 g/mol. The predicted molar refractivity (Wildman–Crippen MR) is 120 cm³/mol. The number of anilines is 2. The van der Waals surface area contributed by atoms with Crippen molar-refractivity contribution < 1.29 is 9.90 Å². The van der Waals surface area contributed by atoms with Crippen LogP contribution in [0.1, 0.15) is 36.3 Å². The molecular formula is C22H22BrN5O2. The number of aromatic nitrogens is 3. The maximum absolute atomic E-state index is 11.3. The zero-order chi connectivity index (χ0) is 21.1. The molecule has 3 N–H and O–H groups in total. The third-order valence-electron chi connectivity index (χ3n) is 4.77. The van der Waals surface area contributed by atoms with E-state index in [9.17, 15) is 4.79 Å². The summed E-state index contributed by atoms with van der Waals surface area (Å²) in [6.07, 6.45) is 3.35. The van der Waals surface area contributed by atoms with Crippen molar-refractivity contribution in [1.29, 1.82) is 0 Å². The number of benzene rings is 2. The molecule has 0 bridgehead atoms. The summed E-state index contributed by atoms with van der Waals surface area (Å²) >= 11 is 3.55. The first-order valence-corrected chi connectivity index (χ1v) is 10.5. The first-order chi connectivity index (χ1) is 14.5. The Kier molecular flexibility index (Phi) is 5.96. The largest absolute Gasteiger partial charge is 0.396 e. The average Bonchev–Trinajstić information content (AvgIpc) is 3.14. The van der Waals surface area contributed by atoms with Crippen LogP contribution in [0.15, 0.2) is 59.1 Å². The molecule has 0 fully saturated rings. The fourth-order valence-corrected chi connectivity index (χ4v) is 3.83. The van der Waals surface area contributed by atoms with Gasteiger partial charge in [-0.1, -0.05) is 40.2 Å². The molecule has 0 saturated carbocycles. The Labute approximate surface area is 183 Å². The number of aryl methyl sites for hydroxylation is 1. The summed E-state index contributed by atoms with van der Waals surface area (Å²) in [6.45, 7) is 1.60. The highest BCUT2D eigenvalue weighted by Gasteiger charge is 2.25. The minimum absolute atomic E-state index is 0.101. The predicted octanol–water partition coefficient (Wildman–Crippen LogP) is 3.98. The number of hydrogen-bond donors (Lipinski definition) is 3. The van der Waals surface area contributed by atoms with Gasteiger partial charge in [0.2, 0.25) is 11.9 Å². The van der Waals surface area contributed by atoms with Gasteiger partial charge in [-0.2, -0.15) is 10.1 Å². The molecule has 1 atom stereocenters. The molecule has 2 heterocycles. The number of aliphatic hydroxyl groups excluding tert-OH is 1. The lowest BCUT2D eigenvalue weighted by molar-refractivity contribution is -0.114. The summed E-state index contributed by atoms with van der Waals surface area (Å²) in [6, 6.07) is 15.7. The van der Waals surface area contributed by atoms with E-state index in [-0.39, 0.29) is 18.6 Å². The van der Waals surface area contributed by atoms with Crippen LogP contribution in [0.2, 0.25) is 0 Å². The number of hydrogen-bond acceptors (Lipinski definition) is 5. The van der Waals surface area contributed by atoms with E-state index in [2.05, 4.69) is 54.9 Å². The topological polar surface area (TPSA) is 92.1 Å². The van der Waals surface area contributed by atoms with Gasteiger partial charge in [0.1, 0.15) is 6.04 Å². The smallest absolute Gasteiger partial charge is 0.226 e. The average molecular weight is 468 g/mol. The fraction of sp³-hybridized carbons (Fsp3) is 0.227. The molecule has 8 heteroatoms. The maximum atomic E-state index is 11.3. The molecule has 1 aromatic heterocycles. The molecule has 0 spiro atoms. The summed E-state index contributed by atoms with van der Waals surface area (Å²) in [5.41, 5.74) is 3.73. The Morgan fingerprint density at radius 3 is 2.77 bits per heavy atom. The zero-order valence-corrected chi connectivity index (χ0v) is 18.1. The Hall–Kier alpha value is -2.97. The van der Waals surface area contributed by atoms with Crippen LogP contribution in [0.25, 0.3) is 5.70 Å². The quantitative estimate of drug-likeness (QED) is 0.509. The van der Waals surface area contributed by atoms with Crippen LogP contribution in [-0.2, 0) is 11.2 Å². The number of allylic oxidation sites excluding steroid dienone is 1. The van der Waals surface area contributed by atoms with Crippen molar-refractivity contribution in [3.8, 4) is 0 Å². The lowest BCUT2D eigenvalue weighted by Crippen LogP contribution is -2.20. The van der Waals surface area contributed by atoms with E-state index in [0.717, 1.165) is 27.0 Å². The minimum Gasteiger partial charge on any atom is -0.396 e. The summed E-state index contributed by atoms with van der Waals surface area (Å²) in [4.78, 5) is 15.9. The van der Waals surface area contributed by atoms with Gasteiger partial charge in [-0.15, -0.1) is 0 Å². The van der Waals surface area contributed by atoms with E-state index in [0.29, 0.717) is 24.6 Å². The molecule has 0 radical (unpaired) electrons. The second-order valence-corrected chi connectivity index (χ2v) is 8.00. The van der Waals surface area contributed by atoms with E-state index >= 15 is 0 Å². The SMILES string of the molecule is CC(=O)Nc1ccc(C2=C[C@H](c3cccc(Br)c3)n3nc(CCCO)nc3N2)cc1. The van der Waals surface area contributed by atoms with Gasteiger partial charge in [0.15, 0.2) is 5.82 Å². The summed E-state index contributed by atoms with van der Waals surface area (Å²) < 4.78 is 2.87. The van der Waals surface area contributed by atoms with Crippen molar-refractivity contribution in [2.45, 2.75) is 25.8 Å². The van der Waals surface area contributed by atoms with Gasteiger partial charge >= 0.3 is 0 Å². The second-order valence-electron chi connectivity index (χ2n) is 7.09. The van der Waals surface area contributed by atoms with E-state index in [1.807, 2.05) is 41.1 Å². The highest BCUT2D eigenvalue weighted by molar-refractivity contribution is 9.10. The van der Waals surface area contributed by atoms with E-state index in [1.165, 1.54) is 6.92 Å². The standard InChI is InChI=1S/C22H22BrN5O2/c1-14(30)24-18-9-7-15(8-10-18)19-13-20(16-4-2-5-17(23)12-16)28-22(25-19)26-21(27-28)6-3-11-29/h2,4-5,7-10,12-13,20,29H,3,6,11H2,1H3,(H,24,30)(H,25,26,27)/t20-/m1/s1. The van der Waals surface area contributed by atoms with Crippen LogP contribution in [0.4, 0.5) is 11.6 Å². The number of carbonyl (C=O) groups is 1. The Morgan fingerprint density at radius 2 is 2.07 bits per heavy atom. The molecule has 0 saturated heterocycles. The summed E-state index contributed by atoms with van der Waals surface area (Å²) in [5.74, 6) is 1.26. The van der Waals surface area contributed by atoms with Gasteiger partial charge in [-0.05, 0) is 47.9 Å². The van der Waals surface area contributed by atoms with Crippen molar-refractivity contribution in [3.63, 3.8) is 0 Å². The van der Waals surface area contributed by atoms with Gasteiger partial charge in [0.25, 0.3) is 0 Å². The molecule has 1 aliphatic rings. The highest BCUT2D eigenvalue weighted by atomic mass is 79.9. The van der Waals surface area contributed by atoms with Crippen molar-refractivity contribution in [1.82, 2.24) is 14.8 Å². The van der Waals surface area contributed by atoms with Gasteiger partial charge in [0, 0.05) is 35.8 Å². The van der Waals surface area contributed by atoms with E-state index < -0.39 is 0 Å². The number of aliphatic hydroxyl groups is 1. The number of amides is 1. The molecule has 3 aromatic rings. The molecule has 0 aliphatic carbocycles. The summed E-state index contributed by atoms with van der Waals surface area (Å²) in [5, 5.41) is 20.0. The first-order valence-electron chi connectivity index (χ1n) is 9.72.